The van der Waals surface area contributed by atoms with E-state index < -0.39 is 0 Å². The number of aryl methyl sites for hydroxylation is 1. The molecule has 1 aliphatic carbocycles. The highest BCUT2D eigenvalue weighted by molar-refractivity contribution is 7.18. The number of rotatable bonds is 3. The number of hydrogen-bond acceptors (Lipinski definition) is 4. The van der Waals surface area contributed by atoms with Gasteiger partial charge in [0.05, 0.1) is 20.6 Å². The quantitative estimate of drug-likeness (QED) is 0.912. The maximum atomic E-state index is 12.7. The van der Waals surface area contributed by atoms with E-state index in [0.29, 0.717) is 6.54 Å². The van der Waals surface area contributed by atoms with Crippen molar-refractivity contribution >= 4 is 33.1 Å². The Kier molecular flexibility index (Phi) is 3.95. The minimum Gasteiger partial charge on any atom is -0.329 e. The Bertz CT molecular complexity index is 659. The smallest absolute Gasteiger partial charge is 0.231 e. The second-order valence-electron chi connectivity index (χ2n) is 5.91. The third-order valence-electron chi connectivity index (χ3n) is 4.44. The summed E-state index contributed by atoms with van der Waals surface area (Å²) in [5, 5.41) is 4.11. The molecule has 4 nitrogen and oxygen atoms in total. The van der Waals surface area contributed by atoms with Crippen LogP contribution in [-0.2, 0) is 4.79 Å². The molecule has 0 aliphatic heterocycles. The second-order valence-corrected chi connectivity index (χ2v) is 7.15. The Morgan fingerprint density at radius 3 is 2.86 bits per heavy atom. The predicted molar refractivity (Wildman–Crippen MR) is 87.6 cm³/mol. The van der Waals surface area contributed by atoms with Gasteiger partial charge in [-0.3, -0.25) is 4.79 Å². The fourth-order valence-electron chi connectivity index (χ4n) is 3.13. The summed E-state index contributed by atoms with van der Waals surface area (Å²) in [6.45, 7) is 2.43. The molecule has 1 aromatic heterocycles. The Balaban J connectivity index is 1.81. The average Bonchev–Trinajstić information content (AvgIpc) is 2.87. The van der Waals surface area contributed by atoms with Crippen molar-refractivity contribution in [2.75, 3.05) is 11.9 Å². The molecular formula is C16H21N3OS. The minimum absolute atomic E-state index is 0.0743. The zero-order valence-electron chi connectivity index (χ0n) is 12.3. The van der Waals surface area contributed by atoms with Gasteiger partial charge in [0.15, 0.2) is 0 Å². The van der Waals surface area contributed by atoms with Crippen LogP contribution in [0.15, 0.2) is 18.2 Å². The van der Waals surface area contributed by atoms with Gasteiger partial charge >= 0.3 is 0 Å². The van der Waals surface area contributed by atoms with E-state index >= 15 is 0 Å². The van der Waals surface area contributed by atoms with Crippen LogP contribution in [0.2, 0.25) is 0 Å². The van der Waals surface area contributed by atoms with Crippen LogP contribution >= 0.6 is 11.3 Å². The van der Waals surface area contributed by atoms with E-state index in [9.17, 15) is 4.79 Å². The fraction of sp³-hybridized carbons (Fsp3) is 0.500. The highest BCUT2D eigenvalue weighted by Crippen LogP contribution is 2.36. The van der Waals surface area contributed by atoms with Crippen LogP contribution in [0.25, 0.3) is 10.2 Å². The molecule has 0 atom stereocenters. The van der Waals surface area contributed by atoms with Gasteiger partial charge in [-0.1, -0.05) is 19.3 Å². The highest BCUT2D eigenvalue weighted by Gasteiger charge is 2.38. The summed E-state index contributed by atoms with van der Waals surface area (Å²) >= 11 is 1.65. The predicted octanol–water partition coefficient (Wildman–Crippen LogP) is 3.45. The molecular weight excluding hydrogens is 282 g/mol. The van der Waals surface area contributed by atoms with Crippen molar-refractivity contribution < 1.29 is 4.79 Å². The van der Waals surface area contributed by atoms with Crippen LogP contribution in [0.3, 0.4) is 0 Å². The Morgan fingerprint density at radius 1 is 1.38 bits per heavy atom. The van der Waals surface area contributed by atoms with Crippen molar-refractivity contribution in [1.29, 1.82) is 0 Å². The summed E-state index contributed by atoms with van der Waals surface area (Å²) in [5.41, 5.74) is 7.37. The van der Waals surface area contributed by atoms with Gasteiger partial charge in [-0.05, 0) is 38.0 Å². The maximum absolute atomic E-state index is 12.7. The van der Waals surface area contributed by atoms with Gasteiger partial charge in [0.2, 0.25) is 5.91 Å². The van der Waals surface area contributed by atoms with Crippen LogP contribution in [-0.4, -0.2) is 17.4 Å². The van der Waals surface area contributed by atoms with Crippen LogP contribution < -0.4 is 11.1 Å². The number of aromatic nitrogens is 1. The molecule has 1 aromatic carbocycles. The van der Waals surface area contributed by atoms with E-state index in [-0.39, 0.29) is 11.3 Å². The zero-order valence-corrected chi connectivity index (χ0v) is 13.1. The largest absolute Gasteiger partial charge is 0.329 e. The van der Waals surface area contributed by atoms with E-state index in [4.69, 9.17) is 5.73 Å². The van der Waals surface area contributed by atoms with E-state index in [0.717, 1.165) is 46.6 Å². The summed E-state index contributed by atoms with van der Waals surface area (Å²) in [6.07, 6.45) is 5.20. The van der Waals surface area contributed by atoms with Gasteiger partial charge in [0.1, 0.15) is 0 Å². The molecule has 112 valence electrons. The Labute approximate surface area is 128 Å². The third kappa shape index (κ3) is 2.80. The molecule has 0 radical (unpaired) electrons. The molecule has 1 amide bonds. The molecule has 1 fully saturated rings. The number of anilines is 1. The number of amides is 1. The molecule has 21 heavy (non-hydrogen) atoms. The second kappa shape index (κ2) is 5.73. The van der Waals surface area contributed by atoms with Crippen LogP contribution in [0, 0.1) is 12.3 Å². The minimum atomic E-state index is -0.378. The van der Waals surface area contributed by atoms with E-state index in [1.165, 1.54) is 6.42 Å². The lowest BCUT2D eigenvalue weighted by Crippen LogP contribution is -2.43. The van der Waals surface area contributed by atoms with Crippen LogP contribution in [0.4, 0.5) is 5.69 Å². The van der Waals surface area contributed by atoms with Gasteiger partial charge in [-0.2, -0.15) is 0 Å². The molecule has 2 aromatic rings. The molecule has 0 spiro atoms. The molecule has 0 saturated heterocycles. The highest BCUT2D eigenvalue weighted by atomic mass is 32.1. The number of carbonyl (C=O) groups is 1. The SMILES string of the molecule is Cc1nc2ccc(NC(=O)C3(CN)CCCCC3)cc2s1. The first kappa shape index (κ1) is 14.5. The fourth-order valence-corrected chi connectivity index (χ4v) is 4.00. The molecule has 1 heterocycles. The van der Waals surface area contributed by atoms with Gasteiger partial charge in [-0.25, -0.2) is 4.98 Å². The molecule has 1 saturated carbocycles. The number of benzene rings is 1. The summed E-state index contributed by atoms with van der Waals surface area (Å²) < 4.78 is 1.11. The molecule has 1 aliphatic rings. The van der Waals surface area contributed by atoms with E-state index in [1.807, 2.05) is 25.1 Å². The first-order chi connectivity index (χ1) is 10.1. The lowest BCUT2D eigenvalue weighted by molar-refractivity contribution is -0.126. The first-order valence-electron chi connectivity index (χ1n) is 7.52. The van der Waals surface area contributed by atoms with Crippen molar-refractivity contribution in [2.45, 2.75) is 39.0 Å². The summed E-state index contributed by atoms with van der Waals surface area (Å²) in [4.78, 5) is 17.1. The number of thiazole rings is 1. The zero-order chi connectivity index (χ0) is 14.9. The van der Waals surface area contributed by atoms with Gasteiger partial charge < -0.3 is 11.1 Å². The lowest BCUT2D eigenvalue weighted by atomic mass is 9.73. The Morgan fingerprint density at radius 2 is 2.14 bits per heavy atom. The number of nitrogens with one attached hydrogen (secondary N) is 1. The van der Waals surface area contributed by atoms with Crippen molar-refractivity contribution in [2.24, 2.45) is 11.1 Å². The maximum Gasteiger partial charge on any atom is 0.231 e. The van der Waals surface area contributed by atoms with Crippen molar-refractivity contribution in [3.8, 4) is 0 Å². The Hall–Kier alpha value is -1.46. The first-order valence-corrected chi connectivity index (χ1v) is 8.33. The van der Waals surface area contributed by atoms with Crippen LogP contribution in [0.1, 0.15) is 37.1 Å². The lowest BCUT2D eigenvalue weighted by Gasteiger charge is -2.34. The molecule has 0 unspecified atom stereocenters. The number of hydrogen-bond donors (Lipinski definition) is 2. The standard InChI is InChI=1S/C16H21N3OS/c1-11-18-13-6-5-12(9-14(13)21-11)19-15(20)16(10-17)7-3-2-4-8-16/h5-6,9H,2-4,7-8,10,17H2,1H3,(H,19,20). The molecule has 3 N–H and O–H groups in total. The van der Waals surface area contributed by atoms with Gasteiger partial charge in [-0.15, -0.1) is 11.3 Å². The van der Waals surface area contributed by atoms with Gasteiger partial charge in [0.25, 0.3) is 0 Å². The summed E-state index contributed by atoms with van der Waals surface area (Å²) in [6, 6.07) is 5.89. The van der Waals surface area contributed by atoms with Crippen molar-refractivity contribution in [3.63, 3.8) is 0 Å². The van der Waals surface area contributed by atoms with Crippen molar-refractivity contribution in [3.05, 3.63) is 23.2 Å². The molecule has 5 heteroatoms. The molecule has 0 bridgehead atoms. The van der Waals surface area contributed by atoms with Gasteiger partial charge in [0, 0.05) is 12.2 Å². The number of nitrogens with zero attached hydrogens (tertiary/aromatic N) is 1. The van der Waals surface area contributed by atoms with E-state index in [1.54, 1.807) is 11.3 Å². The average molecular weight is 303 g/mol. The molecule has 3 rings (SSSR count). The summed E-state index contributed by atoms with van der Waals surface area (Å²) in [7, 11) is 0. The third-order valence-corrected chi connectivity index (χ3v) is 5.37. The number of nitrogens with two attached hydrogens (primary N) is 1. The van der Waals surface area contributed by atoms with Crippen molar-refractivity contribution in [1.82, 2.24) is 4.98 Å². The number of carbonyl (C=O) groups excluding carboxylic acids is 1. The number of fused-ring (bicyclic) bond motifs is 1. The monoisotopic (exact) mass is 303 g/mol. The van der Waals surface area contributed by atoms with Crippen LogP contribution in [0.5, 0.6) is 0 Å². The topological polar surface area (TPSA) is 68.0 Å². The van der Waals surface area contributed by atoms with E-state index in [2.05, 4.69) is 10.3 Å². The normalized spacial score (nSPS) is 17.8. The summed E-state index contributed by atoms with van der Waals surface area (Å²) in [5.74, 6) is 0.0743.